The van der Waals surface area contributed by atoms with E-state index in [4.69, 9.17) is 5.48 Å². The number of nitrogens with zero attached hydrogens (tertiary/aromatic N) is 4. The quantitative estimate of drug-likeness (QED) is 0.127. The zero-order valence-electron chi connectivity index (χ0n) is 80.8. The zero-order valence-corrected chi connectivity index (χ0v) is 64.8. The number of hydrogen-bond donors (Lipinski definition) is 2. The number of rotatable bonds is 11. The Morgan fingerprint density at radius 2 is 0.855 bits per heavy atom. The molecule has 0 saturated heterocycles. The lowest BCUT2D eigenvalue weighted by molar-refractivity contribution is 0.590. The third-order valence-electron chi connectivity index (χ3n) is 24.2. The van der Waals surface area contributed by atoms with E-state index in [0.717, 1.165) is 171 Å². The molecule has 7 heteroatoms. The van der Waals surface area contributed by atoms with E-state index in [1.54, 1.807) is 4.57 Å². The first kappa shape index (κ1) is 53.6. The molecule has 117 heavy (non-hydrogen) atoms. The summed E-state index contributed by atoms with van der Waals surface area (Å²) in [5, 5.41) is 8.70. The van der Waals surface area contributed by atoms with Crippen molar-refractivity contribution < 1.29 is 21.9 Å². The van der Waals surface area contributed by atoms with E-state index >= 15 is 0 Å². The number of hydrogen-bond acceptors (Lipinski definition) is 2. The molecule has 0 atom stereocenters. The lowest BCUT2D eigenvalue weighted by Gasteiger charge is -2.42. The van der Waals surface area contributed by atoms with E-state index in [2.05, 4.69) is 260 Å². The molecule has 17 aromatic carbocycles. The molecule has 23 rings (SSSR count). The highest BCUT2D eigenvalue weighted by atomic mass is 15.2. The van der Waals surface area contributed by atoms with Crippen molar-refractivity contribution in [2.24, 2.45) is 0 Å². The van der Waals surface area contributed by atoms with Crippen LogP contribution in [0, 0.1) is 0 Å². The zero-order chi connectivity index (χ0) is 92.0. The predicted molar refractivity (Wildman–Crippen MR) is 498 cm³/mol. The predicted octanol–water partition coefficient (Wildman–Crippen LogP) is 27.6. The Hall–Kier alpha value is -14.4. The van der Waals surface area contributed by atoms with Crippen molar-refractivity contribution in [3.8, 4) is 83.8 Å². The average molecular weight is 1510 g/mol. The van der Waals surface area contributed by atoms with Crippen LogP contribution < -0.4 is 26.6 Å². The molecular formula is C110H81BN6. The summed E-state index contributed by atoms with van der Waals surface area (Å²) in [6.07, 6.45) is 0. The molecule has 0 unspecified atom stereocenters. The number of aromatic nitrogens is 4. The fourth-order valence-electron chi connectivity index (χ4n) is 18.9. The Morgan fingerprint density at radius 3 is 1.51 bits per heavy atom. The number of benzene rings is 17. The van der Waals surface area contributed by atoms with Crippen molar-refractivity contribution in [1.82, 2.24) is 18.7 Å². The van der Waals surface area contributed by atoms with E-state index in [0.29, 0.717) is 17.1 Å². The molecular weight excluding hydrogens is 1420 g/mol. The maximum atomic E-state index is 10.0. The van der Waals surface area contributed by atoms with Crippen LogP contribution >= 0.6 is 0 Å². The molecule has 554 valence electrons. The molecule has 21 aromatic rings. The summed E-state index contributed by atoms with van der Waals surface area (Å²) >= 11 is 0. The summed E-state index contributed by atoms with van der Waals surface area (Å²) in [6, 6.07) is 86.5. The van der Waals surface area contributed by atoms with E-state index in [-0.39, 0.29) is 49.5 Å². The second-order valence-corrected chi connectivity index (χ2v) is 32.9. The van der Waals surface area contributed by atoms with Gasteiger partial charge >= 0.3 is 0 Å². The van der Waals surface area contributed by atoms with E-state index in [9.17, 15) is 16.4 Å². The van der Waals surface area contributed by atoms with Gasteiger partial charge in [-0.25, -0.2) is 0 Å². The van der Waals surface area contributed by atoms with Gasteiger partial charge in [0.2, 0.25) is 0 Å². The van der Waals surface area contributed by atoms with Crippen molar-refractivity contribution in [3.63, 3.8) is 0 Å². The van der Waals surface area contributed by atoms with Gasteiger partial charge in [-0.05, 0) is 174 Å². The van der Waals surface area contributed by atoms with E-state index < -0.39 is 103 Å². The molecule has 0 spiro atoms. The van der Waals surface area contributed by atoms with Crippen LogP contribution in [0.3, 0.4) is 0 Å². The topological polar surface area (TPSA) is 45.9 Å². The van der Waals surface area contributed by atoms with Gasteiger partial charge in [0.05, 0.1) is 71.9 Å². The summed E-state index contributed by atoms with van der Waals surface area (Å²) in [5.41, 5.74) is 23.0. The molecule has 4 aromatic heterocycles. The molecule has 0 bridgehead atoms. The highest BCUT2D eigenvalue weighted by molar-refractivity contribution is 7.00. The van der Waals surface area contributed by atoms with Crippen molar-refractivity contribution in [2.45, 2.75) is 52.4 Å². The molecule has 0 saturated carbocycles. The summed E-state index contributed by atoms with van der Waals surface area (Å²) in [4.78, 5) is 6.59. The molecule has 0 amide bonds. The summed E-state index contributed by atoms with van der Waals surface area (Å²) in [6.45, 7) is 12.6. The molecule has 2 aliphatic heterocycles. The van der Waals surface area contributed by atoms with Crippen molar-refractivity contribution in [2.75, 3.05) is 10.2 Å². The molecule has 2 N–H and O–H groups in total. The summed E-state index contributed by atoms with van der Waals surface area (Å²) in [5.74, 6) is 0. The first-order valence-electron chi connectivity index (χ1n) is 47.7. The normalized spacial score (nSPS) is 14.6. The van der Waals surface area contributed by atoms with Crippen LogP contribution in [-0.4, -0.2) is 25.4 Å². The van der Waals surface area contributed by atoms with Crippen LogP contribution in [-0.2, 0) is 10.8 Å². The monoisotopic (exact) mass is 1510 g/mol. The van der Waals surface area contributed by atoms with Gasteiger partial charge < -0.3 is 28.9 Å². The number of aromatic amines is 1. The number of H-pyrrole nitrogens is 1. The Balaban J connectivity index is 0.911. The van der Waals surface area contributed by atoms with Crippen LogP contribution in [0.25, 0.3) is 171 Å². The largest absolute Gasteiger partial charge is 0.355 e. The third kappa shape index (κ3) is 10.6. The molecule has 2 aliphatic rings. The first-order chi connectivity index (χ1) is 64.0. The van der Waals surface area contributed by atoms with Crippen LogP contribution in [0.2, 0.25) is 0 Å². The van der Waals surface area contributed by atoms with E-state index in [1.807, 2.05) is 72.8 Å². The number of anilines is 5. The van der Waals surface area contributed by atoms with Gasteiger partial charge in [-0.3, -0.25) is 0 Å². The van der Waals surface area contributed by atoms with Crippen LogP contribution in [0.15, 0.2) is 370 Å². The van der Waals surface area contributed by atoms with Crippen molar-refractivity contribution in [1.29, 1.82) is 0 Å². The standard InChI is InChI=1S/C110H81BN6/c1-109(2,3)72-53-58-98-88(61-72)89-62-73(110(4,5)6)54-59-99(89)115(98)76-64-91-90-63-74(112-94-50-26-23-40-78(94)69-33-13-8-14-34-69)55-60-100(90)116-102-67-95-103(87-49-30-48-86(105(87)113-95)83-43-22-21-42-82(83)81-41-20-19-39-77(81)68-31-11-7-12-32-68)108-104(102)111(93(65-76)107(91)116)92-57-56-75(114-96-51-27-24-44-84(96)85-45-25-28-52-97(85)114)66-101(92)117(108)106-79(70-35-15-9-16-36-70)46-29-47-80(106)71-37-17-10-18-38-71/h7-67,112-113H,1-6H3/i8D,13D,14D,23D,24D,25D,26D,27D,28D,33D,40D,44D,45D,50D,51D,52D. The lowest BCUT2D eigenvalue weighted by Crippen LogP contribution is -2.60. The highest BCUT2D eigenvalue weighted by Crippen LogP contribution is 2.55. The average Bonchev–Trinajstić information content (AvgIpc) is 1.53. The third-order valence-corrected chi connectivity index (χ3v) is 24.2. The van der Waals surface area contributed by atoms with Crippen molar-refractivity contribution >= 4 is 139 Å². The van der Waals surface area contributed by atoms with Gasteiger partial charge in [-0.15, -0.1) is 0 Å². The van der Waals surface area contributed by atoms with Gasteiger partial charge in [0.1, 0.15) is 0 Å². The Kier molecular flexibility index (Phi) is 11.9. The highest BCUT2D eigenvalue weighted by Gasteiger charge is 2.46. The first-order valence-corrected chi connectivity index (χ1v) is 39.7. The molecule has 0 radical (unpaired) electrons. The Bertz CT molecular complexity index is 8520. The SMILES string of the molecule is [2H]c1cc(-c2c([2H])c([2H])c([2H])c([2H])c2Nc2ccc3c(c2)c2cc(-n4c5ccc(C(C)(C)C)cc5c5cc(C(C)(C)C)ccc54)cc4c2n3-c2cc3[nH]c5c(-c6ccccc6-c6ccccc6-c6ccccc6)cccc5c3c3c2B4c2ccc(-n4c5c([2H])c([2H])c([2H])c([2H])c5c5c([2H])c([2H])c([2H])c([2H])c54)cc2N3c2c(-c3ccccc3)cccc2-c2ccccc2)c([2H])c([2H])c1[2H]. The Labute approximate surface area is 703 Å². The van der Waals surface area contributed by atoms with Gasteiger partial charge in [0.25, 0.3) is 6.71 Å². The maximum Gasteiger partial charge on any atom is 0.252 e. The molecule has 0 aliphatic carbocycles. The number of nitrogens with one attached hydrogen (secondary N) is 2. The van der Waals surface area contributed by atoms with Crippen LogP contribution in [0.4, 0.5) is 28.4 Å². The minimum absolute atomic E-state index is 0.0384. The maximum absolute atomic E-state index is 10.0. The minimum Gasteiger partial charge on any atom is -0.355 e. The smallest absolute Gasteiger partial charge is 0.252 e. The van der Waals surface area contributed by atoms with Crippen LogP contribution in [0.5, 0.6) is 0 Å². The molecule has 6 nitrogen and oxygen atoms in total. The summed E-state index contributed by atoms with van der Waals surface area (Å²) < 4.78 is 156. The van der Waals surface area contributed by atoms with Gasteiger partial charge in [-0.1, -0.05) is 320 Å². The van der Waals surface area contributed by atoms with Gasteiger partial charge in [0, 0.05) is 105 Å². The molecule has 6 heterocycles. The van der Waals surface area contributed by atoms with Gasteiger partial charge in [-0.2, -0.15) is 0 Å². The lowest BCUT2D eigenvalue weighted by atomic mass is 9.33. The second-order valence-electron chi connectivity index (χ2n) is 32.9. The van der Waals surface area contributed by atoms with Crippen molar-refractivity contribution in [3.05, 3.63) is 381 Å². The summed E-state index contributed by atoms with van der Waals surface area (Å²) in [7, 11) is 0. The van der Waals surface area contributed by atoms with Crippen LogP contribution in [0.1, 0.15) is 74.6 Å². The number of fused-ring (bicyclic) bond motifs is 17. The fourth-order valence-corrected chi connectivity index (χ4v) is 18.9. The second kappa shape index (κ2) is 26.1. The molecule has 0 fully saturated rings. The Morgan fingerprint density at radius 1 is 0.325 bits per heavy atom. The minimum atomic E-state index is -0.749. The van der Waals surface area contributed by atoms with Gasteiger partial charge in [0.15, 0.2) is 0 Å². The fraction of sp³-hybridized carbons (Fsp3) is 0.0727. The van der Waals surface area contributed by atoms with E-state index in [1.165, 1.54) is 6.07 Å². The number of para-hydroxylation sites is 5.